The molecule has 0 spiro atoms. The van der Waals surface area contributed by atoms with Crippen LogP contribution in [0.25, 0.3) is 43.8 Å². The molecule has 2 aromatic heterocycles. The molecule has 4 nitrogen and oxygen atoms in total. The maximum Gasteiger partial charge on any atom is 0.129 e. The van der Waals surface area contributed by atoms with Gasteiger partial charge in [-0.25, -0.2) is 9.97 Å². The number of pyridine rings is 2. The van der Waals surface area contributed by atoms with Gasteiger partial charge in [0.05, 0.1) is 0 Å². The second-order valence-corrected chi connectivity index (χ2v) is 9.32. The van der Waals surface area contributed by atoms with E-state index in [4.69, 9.17) is 0 Å². The van der Waals surface area contributed by atoms with Crippen LogP contribution in [0.1, 0.15) is 48.0 Å². The lowest BCUT2D eigenvalue weighted by atomic mass is 10.0. The fraction of sp³-hybridized carbons (Fsp3) is 0.179. The highest BCUT2D eigenvalue weighted by atomic mass is 15.0. The van der Waals surface area contributed by atoms with Crippen molar-refractivity contribution in [3.05, 3.63) is 134 Å². The van der Waals surface area contributed by atoms with Crippen molar-refractivity contribution < 1.29 is 0 Å². The van der Waals surface area contributed by atoms with Gasteiger partial charge in [0, 0.05) is 35.9 Å². The monoisotopic (exact) mass is 568 g/mol. The molecule has 4 heteroatoms. The number of anilines is 2. The molecule has 43 heavy (non-hydrogen) atoms. The molecule has 0 aliphatic carbocycles. The summed E-state index contributed by atoms with van der Waals surface area (Å²) in [6.07, 6.45) is 8.66. The molecule has 0 unspecified atom stereocenters. The molecule has 6 aromatic rings. The lowest BCUT2D eigenvalue weighted by molar-refractivity contribution is 1.09. The number of nitrogens with one attached hydrogen (secondary N) is 2. The summed E-state index contributed by atoms with van der Waals surface area (Å²) in [5, 5.41) is 11.3. The summed E-state index contributed by atoms with van der Waals surface area (Å²) in [7, 11) is 0. The van der Waals surface area contributed by atoms with E-state index < -0.39 is 0 Å². The first kappa shape index (κ1) is 32.6. The standard InChI is InChI=1S/C32H24N4.C3H8.2C2H6/c1-3-7-25-19-27(11-9-23(25)5-1)29-13-15-31(35-21-29)33-17-18-34-32-16-14-30(22-36-32)28-12-10-24-6-2-4-8-26(24)20-28;1-3-2;2*1-2/h1-22H,(H,33,35)(H,34,36);3H2,1-2H3;2*1-2H3/b18-17-;;;. The highest BCUT2D eigenvalue weighted by Crippen LogP contribution is 2.26. The first-order valence-corrected chi connectivity index (χ1v) is 15.3. The minimum atomic E-state index is 0.775. The molecule has 0 bridgehead atoms. The van der Waals surface area contributed by atoms with Crippen molar-refractivity contribution in [3.8, 4) is 22.3 Å². The van der Waals surface area contributed by atoms with Crippen LogP contribution in [0.3, 0.4) is 0 Å². The average molecular weight is 569 g/mol. The third kappa shape index (κ3) is 9.27. The Morgan fingerprint density at radius 3 is 1.16 bits per heavy atom. The highest BCUT2D eigenvalue weighted by Gasteiger charge is 2.02. The van der Waals surface area contributed by atoms with Crippen LogP contribution < -0.4 is 10.6 Å². The summed E-state index contributed by atoms with van der Waals surface area (Å²) in [6, 6.07) is 37.8. The maximum atomic E-state index is 4.54. The van der Waals surface area contributed by atoms with Crippen LogP contribution in [0.4, 0.5) is 11.6 Å². The normalized spacial score (nSPS) is 10.1. The zero-order chi connectivity index (χ0) is 30.9. The van der Waals surface area contributed by atoms with Gasteiger partial charge >= 0.3 is 0 Å². The van der Waals surface area contributed by atoms with E-state index in [0.717, 1.165) is 33.9 Å². The van der Waals surface area contributed by atoms with Crippen LogP contribution in [0.15, 0.2) is 134 Å². The maximum absolute atomic E-state index is 4.54. The molecule has 2 heterocycles. The van der Waals surface area contributed by atoms with Crippen LogP contribution in [0.2, 0.25) is 0 Å². The lowest BCUT2D eigenvalue weighted by Crippen LogP contribution is -1.95. The lowest BCUT2D eigenvalue weighted by Gasteiger charge is -2.06. The van der Waals surface area contributed by atoms with Crippen LogP contribution >= 0.6 is 0 Å². The molecule has 4 aromatic carbocycles. The van der Waals surface area contributed by atoms with Gasteiger partial charge < -0.3 is 10.6 Å². The van der Waals surface area contributed by atoms with Crippen molar-refractivity contribution in [2.45, 2.75) is 48.0 Å². The molecule has 0 aliphatic rings. The van der Waals surface area contributed by atoms with Gasteiger partial charge in [0.2, 0.25) is 0 Å². The third-order valence-electron chi connectivity index (χ3n) is 6.24. The zero-order valence-corrected chi connectivity index (χ0v) is 26.3. The van der Waals surface area contributed by atoms with Crippen molar-refractivity contribution in [2.24, 2.45) is 0 Å². The second-order valence-electron chi connectivity index (χ2n) is 9.32. The van der Waals surface area contributed by atoms with Gasteiger partial charge in [-0.1, -0.05) is 121 Å². The van der Waals surface area contributed by atoms with E-state index in [1.807, 2.05) is 64.6 Å². The van der Waals surface area contributed by atoms with Crippen molar-refractivity contribution in [2.75, 3.05) is 10.6 Å². The number of hydrogen-bond donors (Lipinski definition) is 2. The predicted octanol–water partition coefficient (Wildman–Crippen LogP) is 11.6. The molecule has 0 aliphatic heterocycles. The molecular formula is C39H44N4. The molecule has 0 radical (unpaired) electrons. The first-order valence-electron chi connectivity index (χ1n) is 15.3. The van der Waals surface area contributed by atoms with Crippen LogP contribution in [-0.2, 0) is 0 Å². The Balaban J connectivity index is 0.000000670. The first-order chi connectivity index (χ1) is 21.2. The van der Waals surface area contributed by atoms with Crippen molar-refractivity contribution in [1.82, 2.24) is 9.97 Å². The van der Waals surface area contributed by atoms with Gasteiger partial charge in [0.15, 0.2) is 0 Å². The molecule has 2 N–H and O–H groups in total. The average Bonchev–Trinajstić information content (AvgIpc) is 3.09. The topological polar surface area (TPSA) is 49.8 Å². The molecule has 0 atom stereocenters. The van der Waals surface area contributed by atoms with Gasteiger partial charge in [-0.05, 0) is 69.1 Å². The summed E-state index contributed by atoms with van der Waals surface area (Å²) < 4.78 is 0. The molecule has 0 saturated heterocycles. The van der Waals surface area contributed by atoms with Crippen LogP contribution in [-0.4, -0.2) is 9.97 Å². The summed E-state index contributed by atoms with van der Waals surface area (Å²) in [4.78, 5) is 9.08. The summed E-state index contributed by atoms with van der Waals surface area (Å²) in [5.41, 5.74) is 4.49. The minimum absolute atomic E-state index is 0.775. The molecule has 0 saturated carbocycles. The van der Waals surface area contributed by atoms with E-state index in [9.17, 15) is 0 Å². The van der Waals surface area contributed by atoms with Gasteiger partial charge in [0.1, 0.15) is 11.6 Å². The van der Waals surface area contributed by atoms with E-state index in [2.05, 4.69) is 132 Å². The predicted molar refractivity (Wildman–Crippen MR) is 189 cm³/mol. The number of benzene rings is 4. The van der Waals surface area contributed by atoms with Crippen LogP contribution in [0.5, 0.6) is 0 Å². The third-order valence-corrected chi connectivity index (χ3v) is 6.24. The summed E-state index contributed by atoms with van der Waals surface area (Å²) in [6.45, 7) is 12.2. The van der Waals surface area contributed by atoms with Gasteiger partial charge in [-0.2, -0.15) is 0 Å². The smallest absolute Gasteiger partial charge is 0.129 e. The number of nitrogens with zero attached hydrogens (tertiary/aromatic N) is 2. The fourth-order valence-corrected chi connectivity index (χ4v) is 4.29. The minimum Gasteiger partial charge on any atom is -0.345 e. The fourth-order valence-electron chi connectivity index (χ4n) is 4.29. The Morgan fingerprint density at radius 1 is 0.465 bits per heavy atom. The number of aromatic nitrogens is 2. The number of rotatable bonds is 6. The zero-order valence-electron chi connectivity index (χ0n) is 26.3. The summed E-state index contributed by atoms with van der Waals surface area (Å²) >= 11 is 0. The Labute approximate surface area is 257 Å². The number of hydrogen-bond acceptors (Lipinski definition) is 4. The van der Waals surface area contributed by atoms with E-state index in [1.54, 1.807) is 0 Å². The van der Waals surface area contributed by atoms with Gasteiger partial charge in [-0.3, -0.25) is 0 Å². The molecule has 220 valence electrons. The Kier molecular flexibility index (Phi) is 13.4. The van der Waals surface area contributed by atoms with E-state index in [-0.39, 0.29) is 0 Å². The number of fused-ring (bicyclic) bond motifs is 2. The summed E-state index contributed by atoms with van der Waals surface area (Å²) in [5.74, 6) is 1.55. The molecule has 6 rings (SSSR count). The Hall–Kier alpha value is -4.96. The Bertz CT molecular complexity index is 1560. The molecular weight excluding hydrogens is 524 g/mol. The SMILES string of the molecule is C(=C/Nc1ccc(-c2ccc3ccccc3c2)cn1)/Nc1ccc(-c2ccc3ccccc3c2)cn1.CC.CC.CCC. The van der Waals surface area contributed by atoms with Crippen molar-refractivity contribution in [1.29, 1.82) is 0 Å². The van der Waals surface area contributed by atoms with Gasteiger partial charge in [-0.15, -0.1) is 0 Å². The second kappa shape index (κ2) is 17.8. The molecule has 0 fully saturated rings. The van der Waals surface area contributed by atoms with Crippen LogP contribution in [0, 0.1) is 0 Å². The van der Waals surface area contributed by atoms with E-state index >= 15 is 0 Å². The van der Waals surface area contributed by atoms with E-state index in [1.165, 1.54) is 28.0 Å². The molecule has 0 amide bonds. The van der Waals surface area contributed by atoms with E-state index in [0.29, 0.717) is 0 Å². The quantitative estimate of drug-likeness (QED) is 0.210. The van der Waals surface area contributed by atoms with Crippen molar-refractivity contribution >= 4 is 33.2 Å². The Morgan fingerprint density at radius 2 is 0.814 bits per heavy atom. The highest BCUT2D eigenvalue weighted by molar-refractivity contribution is 5.88. The largest absolute Gasteiger partial charge is 0.345 e. The van der Waals surface area contributed by atoms with Crippen molar-refractivity contribution in [3.63, 3.8) is 0 Å². The van der Waals surface area contributed by atoms with Gasteiger partial charge in [0.25, 0.3) is 0 Å².